The molecule has 1 unspecified atom stereocenters. The number of nitrogens with zero attached hydrogens (tertiary/aromatic N) is 3. The average molecular weight is 337 g/mol. The maximum Gasteiger partial charge on any atom is 0.138 e. The van der Waals surface area contributed by atoms with E-state index in [9.17, 15) is 0 Å². The molecule has 1 heterocycles. The van der Waals surface area contributed by atoms with Gasteiger partial charge in [0.15, 0.2) is 0 Å². The number of hydrogen-bond donors (Lipinski definition) is 1. The minimum atomic E-state index is 0.251. The number of hydrogen-bond acceptors (Lipinski definition) is 3. The third-order valence-corrected chi connectivity index (χ3v) is 4.01. The molecule has 2 N–H and O–H groups in total. The van der Waals surface area contributed by atoms with E-state index in [1.807, 2.05) is 16.8 Å². The molecular formula is C15H21BrN4. The molecule has 20 heavy (non-hydrogen) atoms. The van der Waals surface area contributed by atoms with Gasteiger partial charge in [0.05, 0.1) is 0 Å². The molecule has 0 saturated carbocycles. The van der Waals surface area contributed by atoms with Crippen LogP contribution in [0.5, 0.6) is 0 Å². The average Bonchev–Trinajstić information content (AvgIpc) is 2.83. The predicted molar refractivity (Wildman–Crippen MR) is 84.5 cm³/mol. The molecule has 1 aromatic heterocycles. The van der Waals surface area contributed by atoms with Gasteiger partial charge in [0.2, 0.25) is 0 Å². The third-order valence-electron chi connectivity index (χ3n) is 3.29. The van der Waals surface area contributed by atoms with E-state index in [2.05, 4.69) is 52.0 Å². The van der Waals surface area contributed by atoms with Gasteiger partial charge < -0.3 is 5.73 Å². The molecule has 0 amide bonds. The zero-order chi connectivity index (χ0) is 14.5. The summed E-state index contributed by atoms with van der Waals surface area (Å²) in [5, 5.41) is 4.31. The van der Waals surface area contributed by atoms with Crippen LogP contribution in [0.1, 0.15) is 31.2 Å². The Morgan fingerprint density at radius 1 is 1.30 bits per heavy atom. The quantitative estimate of drug-likeness (QED) is 0.882. The smallest absolute Gasteiger partial charge is 0.138 e. The van der Waals surface area contributed by atoms with Crippen LogP contribution in [0.25, 0.3) is 0 Å². The van der Waals surface area contributed by atoms with Gasteiger partial charge in [-0.1, -0.05) is 48.0 Å². The summed E-state index contributed by atoms with van der Waals surface area (Å²) in [6.07, 6.45) is 2.44. The Hall–Kier alpha value is -1.20. The molecule has 4 nitrogen and oxygen atoms in total. The second-order valence-electron chi connectivity index (χ2n) is 5.41. The molecular weight excluding hydrogens is 316 g/mol. The van der Waals surface area contributed by atoms with Gasteiger partial charge in [-0.25, -0.2) is 9.67 Å². The lowest BCUT2D eigenvalue weighted by atomic mass is 9.95. The van der Waals surface area contributed by atoms with Crippen molar-refractivity contribution in [1.82, 2.24) is 14.8 Å². The number of rotatable bonds is 6. The molecule has 108 valence electrons. The molecule has 0 aliphatic rings. The lowest BCUT2D eigenvalue weighted by Crippen LogP contribution is -2.19. The summed E-state index contributed by atoms with van der Waals surface area (Å²) in [6.45, 7) is 5.85. The van der Waals surface area contributed by atoms with Crippen LogP contribution >= 0.6 is 15.9 Å². The maximum absolute atomic E-state index is 5.96. The minimum Gasteiger partial charge on any atom is -0.330 e. The number of benzene rings is 1. The van der Waals surface area contributed by atoms with Gasteiger partial charge in [-0.3, -0.25) is 0 Å². The largest absolute Gasteiger partial charge is 0.330 e. The zero-order valence-corrected chi connectivity index (χ0v) is 13.5. The summed E-state index contributed by atoms with van der Waals surface area (Å²) in [5.41, 5.74) is 7.19. The SMILES string of the molecule is CC(C)Cn1ncnc1CC(CN)c1ccccc1Br. The van der Waals surface area contributed by atoms with Gasteiger partial charge >= 0.3 is 0 Å². The Morgan fingerprint density at radius 2 is 2.05 bits per heavy atom. The van der Waals surface area contributed by atoms with Gasteiger partial charge in [-0.15, -0.1) is 0 Å². The van der Waals surface area contributed by atoms with Crippen molar-refractivity contribution < 1.29 is 0 Å². The van der Waals surface area contributed by atoms with Crippen molar-refractivity contribution in [2.45, 2.75) is 32.7 Å². The van der Waals surface area contributed by atoms with Crippen molar-refractivity contribution in [3.63, 3.8) is 0 Å². The lowest BCUT2D eigenvalue weighted by molar-refractivity contribution is 0.459. The maximum atomic E-state index is 5.96. The molecule has 0 bridgehead atoms. The first kappa shape index (κ1) is 15.2. The highest BCUT2D eigenvalue weighted by molar-refractivity contribution is 9.10. The predicted octanol–water partition coefficient (Wildman–Crippen LogP) is 2.98. The standard InChI is InChI=1S/C15H21BrN4/c1-11(2)9-20-15(18-10-19-20)7-12(8-17)13-5-3-4-6-14(13)16/h3-6,10-12H,7-9,17H2,1-2H3. The molecule has 1 atom stereocenters. The van der Waals surface area contributed by atoms with Crippen LogP contribution in [0.2, 0.25) is 0 Å². The monoisotopic (exact) mass is 336 g/mol. The molecule has 2 rings (SSSR count). The molecule has 0 aliphatic carbocycles. The molecule has 5 heteroatoms. The fourth-order valence-electron chi connectivity index (χ4n) is 2.29. The topological polar surface area (TPSA) is 56.7 Å². The van der Waals surface area contributed by atoms with Crippen molar-refractivity contribution >= 4 is 15.9 Å². The van der Waals surface area contributed by atoms with E-state index in [0.717, 1.165) is 23.3 Å². The third kappa shape index (κ3) is 3.67. The van der Waals surface area contributed by atoms with Crippen molar-refractivity contribution in [2.75, 3.05) is 6.54 Å². The Labute approximate surface area is 128 Å². The Morgan fingerprint density at radius 3 is 2.70 bits per heavy atom. The van der Waals surface area contributed by atoms with Gasteiger partial charge in [-0.2, -0.15) is 5.10 Å². The second-order valence-corrected chi connectivity index (χ2v) is 6.26. The van der Waals surface area contributed by atoms with E-state index in [1.165, 1.54) is 5.56 Å². The van der Waals surface area contributed by atoms with Crippen LogP contribution in [0.3, 0.4) is 0 Å². The number of halogens is 1. The van der Waals surface area contributed by atoms with Gasteiger partial charge in [-0.05, 0) is 24.1 Å². The van der Waals surface area contributed by atoms with E-state index in [-0.39, 0.29) is 5.92 Å². The van der Waals surface area contributed by atoms with Crippen molar-refractivity contribution in [1.29, 1.82) is 0 Å². The molecule has 0 aliphatic heterocycles. The fourth-order valence-corrected chi connectivity index (χ4v) is 2.90. The second kappa shape index (κ2) is 6.99. The van der Waals surface area contributed by atoms with Crippen LogP contribution in [-0.4, -0.2) is 21.3 Å². The summed E-state index contributed by atoms with van der Waals surface area (Å²) >= 11 is 3.60. The van der Waals surface area contributed by atoms with E-state index < -0.39 is 0 Å². The highest BCUT2D eigenvalue weighted by Crippen LogP contribution is 2.26. The summed E-state index contributed by atoms with van der Waals surface area (Å²) < 4.78 is 3.09. The number of aromatic nitrogens is 3. The first-order chi connectivity index (χ1) is 9.61. The minimum absolute atomic E-state index is 0.251. The van der Waals surface area contributed by atoms with E-state index in [0.29, 0.717) is 12.5 Å². The normalized spacial score (nSPS) is 12.8. The van der Waals surface area contributed by atoms with Crippen molar-refractivity contribution in [3.05, 3.63) is 46.5 Å². The van der Waals surface area contributed by atoms with Crippen LogP contribution in [0, 0.1) is 5.92 Å². The van der Waals surface area contributed by atoms with Crippen molar-refractivity contribution in [3.8, 4) is 0 Å². The lowest BCUT2D eigenvalue weighted by Gasteiger charge is -2.17. The fraction of sp³-hybridized carbons (Fsp3) is 0.467. The molecule has 0 saturated heterocycles. The highest BCUT2D eigenvalue weighted by atomic mass is 79.9. The van der Waals surface area contributed by atoms with Crippen LogP contribution in [-0.2, 0) is 13.0 Å². The molecule has 0 fully saturated rings. The van der Waals surface area contributed by atoms with E-state index in [1.54, 1.807) is 6.33 Å². The van der Waals surface area contributed by atoms with E-state index >= 15 is 0 Å². The van der Waals surface area contributed by atoms with E-state index in [4.69, 9.17) is 5.73 Å². The molecule has 0 radical (unpaired) electrons. The summed E-state index contributed by atoms with van der Waals surface area (Å²) in [7, 11) is 0. The Kier molecular flexibility index (Phi) is 5.31. The molecule has 1 aromatic carbocycles. The first-order valence-corrected chi connectivity index (χ1v) is 7.72. The van der Waals surface area contributed by atoms with Crippen molar-refractivity contribution in [2.24, 2.45) is 11.7 Å². The number of nitrogens with two attached hydrogens (primary N) is 1. The summed E-state index contributed by atoms with van der Waals surface area (Å²) in [6, 6.07) is 8.23. The summed E-state index contributed by atoms with van der Waals surface area (Å²) in [5.74, 6) is 1.81. The zero-order valence-electron chi connectivity index (χ0n) is 12.0. The Bertz CT molecular complexity index is 550. The van der Waals surface area contributed by atoms with Crippen LogP contribution < -0.4 is 5.73 Å². The van der Waals surface area contributed by atoms with Gasteiger partial charge in [0.25, 0.3) is 0 Å². The van der Waals surface area contributed by atoms with Gasteiger partial charge in [0.1, 0.15) is 12.2 Å². The van der Waals surface area contributed by atoms with Gasteiger partial charge in [0, 0.05) is 23.4 Å². The van der Waals surface area contributed by atoms with Crippen LogP contribution in [0.15, 0.2) is 35.1 Å². The highest BCUT2D eigenvalue weighted by Gasteiger charge is 2.17. The molecule has 0 spiro atoms. The summed E-state index contributed by atoms with van der Waals surface area (Å²) in [4.78, 5) is 4.39. The van der Waals surface area contributed by atoms with Crippen LogP contribution in [0.4, 0.5) is 0 Å². The first-order valence-electron chi connectivity index (χ1n) is 6.93. The molecule has 2 aromatic rings. The Balaban J connectivity index is 2.19.